The molecule has 0 bridgehead atoms. The zero-order chi connectivity index (χ0) is 22.0. The number of halogens is 1. The molecule has 0 aliphatic carbocycles. The molecule has 4 aromatic rings. The number of aromatic nitrogens is 2. The van der Waals surface area contributed by atoms with Gasteiger partial charge in [-0.3, -0.25) is 9.71 Å². The van der Waals surface area contributed by atoms with Gasteiger partial charge in [0.1, 0.15) is 4.90 Å². The van der Waals surface area contributed by atoms with Crippen LogP contribution in [0.4, 0.5) is 5.69 Å². The second-order valence-corrected chi connectivity index (χ2v) is 8.55. The van der Waals surface area contributed by atoms with Gasteiger partial charge in [-0.15, -0.1) is 0 Å². The average Bonchev–Trinajstić information content (AvgIpc) is 2.80. The van der Waals surface area contributed by atoms with Crippen LogP contribution in [0.5, 0.6) is 0 Å². The molecule has 0 aliphatic rings. The molecule has 2 aromatic heterocycles. The van der Waals surface area contributed by atoms with Crippen molar-refractivity contribution in [2.75, 3.05) is 11.8 Å². The summed E-state index contributed by atoms with van der Waals surface area (Å²) in [5.74, 6) is -0.752. The summed E-state index contributed by atoms with van der Waals surface area (Å²) in [5.41, 5.74) is 1.70. The lowest BCUT2D eigenvalue weighted by Gasteiger charge is -2.14. The number of rotatable bonds is 5. The Kier molecular flexibility index (Phi) is 5.58. The number of carbonyl (C=O) groups excluding carboxylic acids is 1. The zero-order valence-corrected chi connectivity index (χ0v) is 17.8. The van der Waals surface area contributed by atoms with Gasteiger partial charge >= 0.3 is 5.97 Å². The number of methoxy groups -OCH3 is 1. The quantitative estimate of drug-likeness (QED) is 0.445. The molecule has 0 aliphatic heterocycles. The molecule has 0 amide bonds. The molecule has 0 spiro atoms. The summed E-state index contributed by atoms with van der Waals surface area (Å²) in [6.45, 7) is 0. The summed E-state index contributed by atoms with van der Waals surface area (Å²) in [4.78, 5) is 20.7. The maximum Gasteiger partial charge on any atom is 0.339 e. The van der Waals surface area contributed by atoms with Crippen LogP contribution < -0.4 is 4.72 Å². The molecule has 0 unspecified atom stereocenters. The van der Waals surface area contributed by atoms with E-state index in [1.165, 1.54) is 31.4 Å². The summed E-state index contributed by atoms with van der Waals surface area (Å²) in [6.07, 6.45) is 1.65. The third-order valence-corrected chi connectivity index (χ3v) is 6.31. The molecule has 0 fully saturated rings. The Morgan fingerprint density at radius 2 is 1.74 bits per heavy atom. The Balaban J connectivity index is 1.84. The molecule has 0 radical (unpaired) electrons. The first-order valence-corrected chi connectivity index (χ1v) is 11.0. The first-order chi connectivity index (χ1) is 14.9. The monoisotopic (exact) mass is 453 g/mol. The Labute approximate surface area is 183 Å². The highest BCUT2D eigenvalue weighted by Crippen LogP contribution is 2.32. The zero-order valence-electron chi connectivity index (χ0n) is 16.2. The molecule has 0 atom stereocenters. The van der Waals surface area contributed by atoms with E-state index in [0.29, 0.717) is 27.3 Å². The summed E-state index contributed by atoms with van der Waals surface area (Å²) in [7, 11) is -2.94. The molecule has 2 aromatic carbocycles. The Morgan fingerprint density at radius 3 is 2.48 bits per heavy atom. The fraction of sp³-hybridized carbons (Fsp3) is 0.0455. The van der Waals surface area contributed by atoms with Gasteiger partial charge in [-0.2, -0.15) is 0 Å². The Morgan fingerprint density at radius 1 is 0.968 bits per heavy atom. The average molecular weight is 454 g/mol. The number of hydrogen-bond donors (Lipinski definition) is 1. The highest BCUT2D eigenvalue weighted by atomic mass is 35.5. The van der Waals surface area contributed by atoms with Crippen LogP contribution in [-0.2, 0) is 14.8 Å². The Bertz CT molecular complexity index is 1390. The topological polar surface area (TPSA) is 98.2 Å². The number of fused-ring (bicyclic) bond motifs is 1. The van der Waals surface area contributed by atoms with Crippen molar-refractivity contribution in [2.45, 2.75) is 4.90 Å². The lowest BCUT2D eigenvalue weighted by molar-refractivity contribution is 0.0596. The number of ether oxygens (including phenoxy) is 1. The molecule has 2 heterocycles. The molecule has 9 heteroatoms. The minimum absolute atomic E-state index is 0.0714. The number of pyridine rings is 2. The lowest BCUT2D eigenvalue weighted by Crippen LogP contribution is -2.17. The van der Waals surface area contributed by atoms with Gasteiger partial charge in [-0.05, 0) is 48.5 Å². The largest absolute Gasteiger partial charge is 0.465 e. The second-order valence-electron chi connectivity index (χ2n) is 6.50. The summed E-state index contributed by atoms with van der Waals surface area (Å²) < 4.78 is 33.5. The number of benzene rings is 2. The van der Waals surface area contributed by atoms with Crippen LogP contribution in [0.25, 0.3) is 22.3 Å². The predicted octanol–water partition coefficient (Wildman–Crippen LogP) is 4.54. The van der Waals surface area contributed by atoms with Gasteiger partial charge < -0.3 is 4.74 Å². The molecule has 31 heavy (non-hydrogen) atoms. The maximum absolute atomic E-state index is 13.1. The summed E-state index contributed by atoms with van der Waals surface area (Å²) in [5, 5.41) is 0.996. The minimum atomic E-state index is -4.13. The molecule has 156 valence electrons. The minimum Gasteiger partial charge on any atom is -0.465 e. The van der Waals surface area contributed by atoms with Crippen molar-refractivity contribution in [3.05, 3.63) is 83.5 Å². The molecular formula is C22H16ClN3O4S. The number of nitrogens with zero attached hydrogens (tertiary/aromatic N) is 2. The highest BCUT2D eigenvalue weighted by molar-refractivity contribution is 7.92. The van der Waals surface area contributed by atoms with Gasteiger partial charge in [0.15, 0.2) is 0 Å². The van der Waals surface area contributed by atoms with Crippen LogP contribution in [0.3, 0.4) is 0 Å². The number of hydrogen-bond acceptors (Lipinski definition) is 6. The van der Waals surface area contributed by atoms with Gasteiger partial charge in [-0.25, -0.2) is 18.2 Å². The highest BCUT2D eigenvalue weighted by Gasteiger charge is 2.24. The van der Waals surface area contributed by atoms with Crippen LogP contribution in [0.15, 0.2) is 77.8 Å². The summed E-state index contributed by atoms with van der Waals surface area (Å²) >= 11 is 6.31. The number of esters is 1. The van der Waals surface area contributed by atoms with Gasteiger partial charge in [0, 0.05) is 11.6 Å². The molecular weight excluding hydrogens is 438 g/mol. The first-order valence-electron chi connectivity index (χ1n) is 9.11. The van der Waals surface area contributed by atoms with Crippen LogP contribution in [0.2, 0.25) is 5.02 Å². The van der Waals surface area contributed by atoms with Gasteiger partial charge in [0.2, 0.25) is 0 Å². The van der Waals surface area contributed by atoms with Crippen LogP contribution in [0, 0.1) is 0 Å². The van der Waals surface area contributed by atoms with Crippen LogP contribution in [0.1, 0.15) is 10.4 Å². The SMILES string of the molecule is COC(=O)c1ccccc1S(=O)(=O)Nc1ccc(Cl)c2ccc(-c3ccccn3)nc12. The molecule has 1 N–H and O–H groups in total. The van der Waals surface area contributed by atoms with E-state index in [1.54, 1.807) is 42.6 Å². The van der Waals surface area contributed by atoms with Crippen molar-refractivity contribution in [2.24, 2.45) is 0 Å². The predicted molar refractivity (Wildman–Crippen MR) is 119 cm³/mol. The van der Waals surface area contributed by atoms with E-state index in [2.05, 4.69) is 14.7 Å². The van der Waals surface area contributed by atoms with Crippen molar-refractivity contribution in [3.63, 3.8) is 0 Å². The maximum atomic E-state index is 13.1. The summed E-state index contributed by atoms with van der Waals surface area (Å²) in [6, 6.07) is 17.9. The van der Waals surface area contributed by atoms with E-state index in [1.807, 2.05) is 6.07 Å². The smallest absolute Gasteiger partial charge is 0.339 e. The number of carbonyl (C=O) groups is 1. The van der Waals surface area contributed by atoms with E-state index in [4.69, 9.17) is 16.3 Å². The number of anilines is 1. The van der Waals surface area contributed by atoms with Crippen LogP contribution in [-0.4, -0.2) is 31.5 Å². The van der Waals surface area contributed by atoms with E-state index in [0.717, 1.165) is 0 Å². The van der Waals surface area contributed by atoms with E-state index >= 15 is 0 Å². The second kappa shape index (κ2) is 8.33. The molecule has 0 saturated carbocycles. The van der Waals surface area contributed by atoms with Crippen LogP contribution >= 0.6 is 11.6 Å². The number of nitrogens with one attached hydrogen (secondary N) is 1. The van der Waals surface area contributed by atoms with Crippen molar-refractivity contribution < 1.29 is 17.9 Å². The van der Waals surface area contributed by atoms with Crippen molar-refractivity contribution in [3.8, 4) is 11.4 Å². The van der Waals surface area contributed by atoms with E-state index < -0.39 is 16.0 Å². The van der Waals surface area contributed by atoms with Gasteiger partial charge in [-0.1, -0.05) is 29.8 Å². The molecule has 4 rings (SSSR count). The van der Waals surface area contributed by atoms with E-state index in [9.17, 15) is 13.2 Å². The first kappa shape index (κ1) is 20.8. The lowest BCUT2D eigenvalue weighted by atomic mass is 10.1. The Hall–Kier alpha value is -3.49. The van der Waals surface area contributed by atoms with Crippen molar-refractivity contribution in [1.82, 2.24) is 9.97 Å². The van der Waals surface area contributed by atoms with Crippen molar-refractivity contribution in [1.29, 1.82) is 0 Å². The van der Waals surface area contributed by atoms with Gasteiger partial charge in [0.25, 0.3) is 10.0 Å². The number of sulfonamides is 1. The fourth-order valence-corrected chi connectivity index (χ4v) is 4.58. The fourth-order valence-electron chi connectivity index (χ4n) is 3.10. The third-order valence-electron chi connectivity index (χ3n) is 4.56. The molecule has 7 nitrogen and oxygen atoms in total. The van der Waals surface area contributed by atoms with Crippen molar-refractivity contribution >= 4 is 44.2 Å². The normalized spacial score (nSPS) is 11.3. The van der Waals surface area contributed by atoms with E-state index in [-0.39, 0.29) is 16.1 Å². The third kappa shape index (κ3) is 4.08. The molecule has 0 saturated heterocycles. The van der Waals surface area contributed by atoms with Gasteiger partial charge in [0.05, 0.1) is 40.3 Å². The standard InChI is InChI=1S/C22H16ClN3O4S/c1-30-22(27)15-6-2-3-8-20(15)31(28,29)26-19-12-10-16(23)14-9-11-18(25-21(14)19)17-7-4-5-13-24-17/h2-13,26H,1H3.